The molecule has 2 nitrogen and oxygen atoms in total. The monoisotopic (exact) mass is 231 g/mol. The minimum Gasteiger partial charge on any atom is -0.543 e. The van der Waals surface area contributed by atoms with Crippen molar-refractivity contribution in [1.82, 2.24) is 0 Å². The van der Waals surface area contributed by atoms with Crippen LogP contribution >= 0.6 is 0 Å². The molecule has 25 valence electrons. The largest absolute Gasteiger partial charge is 0.543 e. The maximum absolute atomic E-state index is 8.46. The smallest absolute Gasteiger partial charge is 0 e. The van der Waals surface area contributed by atoms with Gasteiger partial charge in [-0.3, -0.25) is 0 Å². The predicted octanol–water partition coefficient (Wildman–Crippen LogP) is -0.990. The van der Waals surface area contributed by atoms with E-state index in [0.29, 0.717) is 0 Å². The molecule has 0 aliphatic carbocycles. The molecule has 3 heteroatoms. The van der Waals surface area contributed by atoms with Crippen molar-refractivity contribution >= 4 is 6.41 Å². The maximum atomic E-state index is 8.46. The van der Waals surface area contributed by atoms with E-state index in [0.717, 1.165) is 6.41 Å². The van der Waals surface area contributed by atoms with Crippen molar-refractivity contribution in [2.75, 3.05) is 0 Å². The van der Waals surface area contributed by atoms with E-state index in [-0.39, 0.29) is 20.4 Å². The molecule has 0 rings (SSSR count). The summed E-state index contributed by atoms with van der Waals surface area (Å²) in [7, 11) is 0. The Morgan fingerprint density at radius 1 is 1.75 bits per heavy atom. The van der Waals surface area contributed by atoms with Gasteiger partial charge in [-0.1, -0.05) is 0 Å². The summed E-state index contributed by atoms with van der Waals surface area (Å²) in [5.74, 6) is 0. The van der Waals surface area contributed by atoms with Crippen LogP contribution in [0.3, 0.4) is 0 Å². The van der Waals surface area contributed by atoms with Crippen molar-refractivity contribution in [3.63, 3.8) is 0 Å². The molecule has 0 saturated heterocycles. The zero-order valence-electron chi connectivity index (χ0n) is 1.86. The molecule has 1 amide bonds. The van der Waals surface area contributed by atoms with Crippen molar-refractivity contribution in [3.05, 3.63) is 0 Å². The van der Waals surface area contributed by atoms with E-state index in [9.17, 15) is 0 Å². The van der Waals surface area contributed by atoms with Crippen LogP contribution in [0, 0.1) is 0 Å². The summed E-state index contributed by atoms with van der Waals surface area (Å²) in [6.07, 6.45) is 1.00. The fourth-order valence-corrected chi connectivity index (χ4v) is 0. The molecule has 4 heavy (non-hydrogen) atoms. The van der Waals surface area contributed by atoms with E-state index in [1.165, 1.54) is 0 Å². The van der Waals surface area contributed by atoms with Gasteiger partial charge in [-0.2, -0.15) is 6.41 Å². The molecule has 0 aliphatic heterocycles. The SMILES string of the molecule is N[C-]=O.[Re]. The van der Waals surface area contributed by atoms with Crippen LogP contribution in [0.4, 0.5) is 0 Å². The van der Waals surface area contributed by atoms with Crippen LogP contribution < -0.4 is 5.73 Å². The van der Waals surface area contributed by atoms with Gasteiger partial charge in [-0.25, -0.2) is 0 Å². The van der Waals surface area contributed by atoms with Crippen molar-refractivity contribution in [2.24, 2.45) is 5.73 Å². The summed E-state index contributed by atoms with van der Waals surface area (Å²) in [5.41, 5.74) is 4.04. The summed E-state index contributed by atoms with van der Waals surface area (Å²) >= 11 is 0. The molecule has 2 N–H and O–H groups in total. The third kappa shape index (κ3) is 156. The van der Waals surface area contributed by atoms with Crippen LogP contribution in [0.2, 0.25) is 0 Å². The van der Waals surface area contributed by atoms with Gasteiger partial charge < -0.3 is 10.5 Å². The van der Waals surface area contributed by atoms with E-state index in [1.54, 1.807) is 0 Å². The minimum absolute atomic E-state index is 0. The van der Waals surface area contributed by atoms with Crippen LogP contribution in [0.1, 0.15) is 0 Å². The van der Waals surface area contributed by atoms with Crippen LogP contribution in [0.25, 0.3) is 0 Å². The van der Waals surface area contributed by atoms with Gasteiger partial charge in [0.1, 0.15) is 0 Å². The van der Waals surface area contributed by atoms with E-state index >= 15 is 0 Å². The number of nitrogens with two attached hydrogens (primary N) is 1. The molecule has 0 aromatic heterocycles. The molecule has 0 aromatic carbocycles. The second-order valence-electron chi connectivity index (χ2n) is 0.118. The molecule has 0 heterocycles. The van der Waals surface area contributed by atoms with E-state index in [4.69, 9.17) is 4.79 Å². The summed E-state index contributed by atoms with van der Waals surface area (Å²) in [4.78, 5) is 8.46. The van der Waals surface area contributed by atoms with E-state index in [1.807, 2.05) is 0 Å². The van der Waals surface area contributed by atoms with Gasteiger partial charge in [0.25, 0.3) is 0 Å². The molecule has 0 saturated carbocycles. The molecular formula is CH2NORe-. The first-order chi connectivity index (χ1) is 1.41. The zero-order chi connectivity index (χ0) is 2.71. The third-order valence-corrected chi connectivity index (χ3v) is 0. The number of amides is 1. The Morgan fingerprint density at radius 3 is 1.75 bits per heavy atom. The Morgan fingerprint density at radius 2 is 1.75 bits per heavy atom. The van der Waals surface area contributed by atoms with Crippen molar-refractivity contribution in [2.45, 2.75) is 0 Å². The third-order valence-electron chi connectivity index (χ3n) is 0. The van der Waals surface area contributed by atoms with Gasteiger partial charge in [0, 0.05) is 20.4 Å². The molecule has 0 bridgehead atoms. The standard InChI is InChI=1S/CH2NO.Re/c2-1-3;/h(H2,2,3);/q-1;. The fraction of sp³-hybridized carbons (Fsp3) is 0. The van der Waals surface area contributed by atoms with Gasteiger partial charge in [-0.05, 0) is 0 Å². The summed E-state index contributed by atoms with van der Waals surface area (Å²) in [6, 6.07) is 0. The van der Waals surface area contributed by atoms with Gasteiger partial charge in [-0.15, -0.1) is 0 Å². The van der Waals surface area contributed by atoms with Crippen LogP contribution in [0.5, 0.6) is 0 Å². The minimum atomic E-state index is 0. The molecule has 0 atom stereocenters. The van der Waals surface area contributed by atoms with Crippen molar-refractivity contribution < 1.29 is 25.2 Å². The number of hydrogen-bond donors (Lipinski definition) is 1. The number of rotatable bonds is 0. The Bertz CT molecular complexity index is 15.5. The second-order valence-corrected chi connectivity index (χ2v) is 0.118. The Balaban J connectivity index is 0. The van der Waals surface area contributed by atoms with Gasteiger partial charge in [0.15, 0.2) is 0 Å². The second kappa shape index (κ2) is 11.1. The molecule has 0 spiro atoms. The number of carbonyl (C=O) groups excluding carboxylic acids is 1. The van der Waals surface area contributed by atoms with E-state index < -0.39 is 0 Å². The first-order valence-corrected chi connectivity index (χ1v) is 0.493. The van der Waals surface area contributed by atoms with Crippen molar-refractivity contribution in [1.29, 1.82) is 0 Å². The first-order valence-electron chi connectivity index (χ1n) is 0.493. The molecule has 0 fully saturated rings. The molecule has 0 aromatic rings. The molecule has 1 radical (unpaired) electrons. The predicted molar refractivity (Wildman–Crippen MR) is 9.88 cm³/mol. The van der Waals surface area contributed by atoms with Crippen LogP contribution in [0.15, 0.2) is 0 Å². The number of hydrogen-bond acceptors (Lipinski definition) is 1. The fourth-order valence-electron chi connectivity index (χ4n) is 0. The Labute approximate surface area is 38.0 Å². The van der Waals surface area contributed by atoms with Gasteiger partial charge in [0.2, 0.25) is 0 Å². The average Bonchev–Trinajstić information content (AvgIpc) is 0.918. The molecule has 0 unspecified atom stereocenters. The molecular weight excluding hydrogens is 228 g/mol. The summed E-state index contributed by atoms with van der Waals surface area (Å²) in [5, 5.41) is 0. The topological polar surface area (TPSA) is 43.1 Å². The normalized spacial score (nSPS) is 3.00. The Hall–Kier alpha value is 0.132. The Kier molecular flexibility index (Phi) is 24.8. The summed E-state index contributed by atoms with van der Waals surface area (Å²) in [6.45, 7) is 0. The number of primary amides is 1. The van der Waals surface area contributed by atoms with Crippen LogP contribution in [-0.2, 0) is 25.2 Å². The van der Waals surface area contributed by atoms with Crippen LogP contribution in [-0.4, -0.2) is 6.41 Å². The quantitative estimate of drug-likeness (QED) is 0.421. The molecule has 0 aliphatic rings. The maximum Gasteiger partial charge on any atom is 0 e. The van der Waals surface area contributed by atoms with E-state index in [2.05, 4.69) is 5.73 Å². The average molecular weight is 230 g/mol. The van der Waals surface area contributed by atoms with Crippen molar-refractivity contribution in [3.8, 4) is 0 Å². The zero-order valence-corrected chi connectivity index (χ0v) is 4.58. The summed E-state index contributed by atoms with van der Waals surface area (Å²) < 4.78 is 0. The van der Waals surface area contributed by atoms with Gasteiger partial charge in [0.05, 0.1) is 0 Å². The first kappa shape index (κ1) is 8.92. The van der Waals surface area contributed by atoms with Gasteiger partial charge >= 0.3 is 0 Å².